The lowest BCUT2D eigenvalue weighted by molar-refractivity contribution is -0.130. The maximum atomic E-state index is 12.6. The van der Waals surface area contributed by atoms with Crippen LogP contribution < -0.4 is 5.01 Å². The topological polar surface area (TPSA) is 70.0 Å². The van der Waals surface area contributed by atoms with Gasteiger partial charge in [-0.05, 0) is 24.3 Å². The fourth-order valence-electron chi connectivity index (χ4n) is 1.35. The third-order valence-corrected chi connectivity index (χ3v) is 2.11. The van der Waals surface area contributed by atoms with Crippen molar-refractivity contribution in [2.24, 2.45) is 5.10 Å². The van der Waals surface area contributed by atoms with Crippen molar-refractivity contribution in [2.75, 3.05) is 11.6 Å². The van der Waals surface area contributed by atoms with Crippen molar-refractivity contribution in [3.05, 3.63) is 30.1 Å². The Labute approximate surface area is 89.8 Å². The van der Waals surface area contributed by atoms with Crippen molar-refractivity contribution < 1.29 is 19.1 Å². The number of benzene rings is 1. The molecule has 0 saturated carbocycles. The van der Waals surface area contributed by atoms with Crippen molar-refractivity contribution in [3.8, 4) is 0 Å². The Morgan fingerprint density at radius 1 is 1.38 bits per heavy atom. The first-order valence-electron chi connectivity index (χ1n) is 4.46. The number of hydrogen-bond donors (Lipinski definition) is 1. The zero-order valence-electron chi connectivity index (χ0n) is 8.05. The molecule has 0 aromatic heterocycles. The molecule has 0 fully saturated rings. The van der Waals surface area contributed by atoms with Gasteiger partial charge in [-0.25, -0.2) is 9.18 Å². The molecule has 16 heavy (non-hydrogen) atoms. The second-order valence-electron chi connectivity index (χ2n) is 3.21. The number of nitrogens with zero attached hydrogens (tertiary/aromatic N) is 2. The van der Waals surface area contributed by atoms with E-state index in [-0.39, 0.29) is 6.54 Å². The highest BCUT2D eigenvalue weighted by Crippen LogP contribution is 2.18. The van der Waals surface area contributed by atoms with Crippen LogP contribution in [-0.2, 0) is 9.59 Å². The number of halogens is 1. The van der Waals surface area contributed by atoms with Crippen molar-refractivity contribution in [1.82, 2.24) is 0 Å². The summed E-state index contributed by atoms with van der Waals surface area (Å²) < 4.78 is 12.6. The molecule has 0 saturated heterocycles. The van der Waals surface area contributed by atoms with Crippen molar-refractivity contribution in [1.29, 1.82) is 0 Å². The van der Waals surface area contributed by atoms with E-state index >= 15 is 0 Å². The Morgan fingerprint density at radius 2 is 2.00 bits per heavy atom. The number of carboxylic acids is 1. The van der Waals surface area contributed by atoms with Gasteiger partial charge in [0, 0.05) is 0 Å². The van der Waals surface area contributed by atoms with Crippen LogP contribution >= 0.6 is 0 Å². The van der Waals surface area contributed by atoms with Gasteiger partial charge in [-0.2, -0.15) is 5.10 Å². The van der Waals surface area contributed by atoms with Gasteiger partial charge in [0.05, 0.1) is 5.69 Å². The molecular weight excluding hydrogens is 215 g/mol. The number of rotatable bonds is 2. The molecule has 6 heteroatoms. The third-order valence-electron chi connectivity index (χ3n) is 2.11. The third kappa shape index (κ3) is 1.77. The number of hydrazone groups is 1. The molecular formula is C10H7FN2O3. The van der Waals surface area contributed by atoms with Crippen LogP contribution in [0, 0.1) is 5.82 Å². The Hall–Kier alpha value is -2.24. The minimum absolute atomic E-state index is 0.132. The number of carbonyl (C=O) groups excluding carboxylic acids is 1. The second-order valence-corrected chi connectivity index (χ2v) is 3.21. The molecule has 0 spiro atoms. The largest absolute Gasteiger partial charge is 0.476 e. The highest BCUT2D eigenvalue weighted by Gasteiger charge is 2.29. The van der Waals surface area contributed by atoms with E-state index in [0.29, 0.717) is 5.69 Å². The summed E-state index contributed by atoms with van der Waals surface area (Å²) in [5.41, 5.74) is -0.0182. The van der Waals surface area contributed by atoms with Gasteiger partial charge >= 0.3 is 5.97 Å². The van der Waals surface area contributed by atoms with E-state index in [2.05, 4.69) is 5.10 Å². The van der Waals surface area contributed by atoms with Gasteiger partial charge in [0.1, 0.15) is 12.4 Å². The number of ketones is 1. The van der Waals surface area contributed by atoms with Crippen LogP contribution in [0.2, 0.25) is 0 Å². The molecule has 0 amide bonds. The van der Waals surface area contributed by atoms with Crippen molar-refractivity contribution in [2.45, 2.75) is 0 Å². The second kappa shape index (κ2) is 3.73. The molecule has 2 rings (SSSR count). The van der Waals surface area contributed by atoms with E-state index in [9.17, 15) is 14.0 Å². The van der Waals surface area contributed by atoms with Gasteiger partial charge in [-0.1, -0.05) is 0 Å². The molecule has 82 valence electrons. The summed E-state index contributed by atoms with van der Waals surface area (Å²) in [5.74, 6) is -2.32. The maximum absolute atomic E-state index is 12.6. The predicted octanol–water partition coefficient (Wildman–Crippen LogP) is 0.655. The summed E-state index contributed by atoms with van der Waals surface area (Å²) in [6.07, 6.45) is 0. The minimum atomic E-state index is -1.35. The Bertz CT molecular complexity index is 481. The molecule has 0 bridgehead atoms. The van der Waals surface area contributed by atoms with E-state index < -0.39 is 23.3 Å². The van der Waals surface area contributed by atoms with Crippen LogP contribution in [0.5, 0.6) is 0 Å². The van der Waals surface area contributed by atoms with Crippen LogP contribution in [0.25, 0.3) is 0 Å². The molecule has 1 N–H and O–H groups in total. The van der Waals surface area contributed by atoms with Crippen molar-refractivity contribution >= 4 is 23.2 Å². The highest BCUT2D eigenvalue weighted by atomic mass is 19.1. The Balaban J connectivity index is 2.28. The summed E-state index contributed by atoms with van der Waals surface area (Å²) in [6.45, 7) is -0.132. The van der Waals surface area contributed by atoms with Gasteiger partial charge in [0.15, 0.2) is 0 Å². The van der Waals surface area contributed by atoms with Gasteiger partial charge in [0.25, 0.3) is 0 Å². The maximum Gasteiger partial charge on any atom is 0.360 e. The van der Waals surface area contributed by atoms with Crippen LogP contribution in [0.15, 0.2) is 29.4 Å². The fraction of sp³-hybridized carbons (Fsp3) is 0.100. The molecule has 1 aliphatic rings. The van der Waals surface area contributed by atoms with Crippen LogP contribution in [0.1, 0.15) is 0 Å². The molecule has 0 unspecified atom stereocenters. The van der Waals surface area contributed by atoms with E-state index in [4.69, 9.17) is 5.11 Å². The standard InChI is InChI=1S/C10H7FN2O3/c11-6-1-3-7(4-2-6)13-5-8(14)9(12-13)10(15)16/h1-4H,5H2,(H,15,16). The number of aliphatic carboxylic acids is 1. The SMILES string of the molecule is O=C(O)C1=NN(c2ccc(F)cc2)CC1=O. The monoisotopic (exact) mass is 222 g/mol. The van der Waals surface area contributed by atoms with E-state index in [1.807, 2.05) is 0 Å². The van der Waals surface area contributed by atoms with Crippen LogP contribution in [0.4, 0.5) is 10.1 Å². The average Bonchev–Trinajstić information content (AvgIpc) is 2.61. The van der Waals surface area contributed by atoms with Gasteiger partial charge < -0.3 is 5.11 Å². The first-order valence-corrected chi connectivity index (χ1v) is 4.46. The number of hydrogen-bond acceptors (Lipinski definition) is 4. The number of anilines is 1. The quantitative estimate of drug-likeness (QED) is 0.797. The minimum Gasteiger partial charge on any atom is -0.476 e. The van der Waals surface area contributed by atoms with E-state index in [1.54, 1.807) is 0 Å². The summed E-state index contributed by atoms with van der Waals surface area (Å²) in [5, 5.41) is 13.5. The summed E-state index contributed by atoms with van der Waals surface area (Å²) in [4.78, 5) is 21.8. The molecule has 1 aromatic carbocycles. The number of carbonyl (C=O) groups is 2. The van der Waals surface area contributed by atoms with Gasteiger partial charge in [-0.3, -0.25) is 9.80 Å². The number of Topliss-reactive ketones (excluding diaryl/α,β-unsaturated/α-hetero) is 1. The zero-order valence-corrected chi connectivity index (χ0v) is 8.05. The summed E-state index contributed by atoms with van der Waals surface area (Å²) >= 11 is 0. The fourth-order valence-corrected chi connectivity index (χ4v) is 1.35. The van der Waals surface area contributed by atoms with E-state index in [0.717, 1.165) is 0 Å². The summed E-state index contributed by atoms with van der Waals surface area (Å²) in [7, 11) is 0. The molecule has 1 aromatic rings. The zero-order chi connectivity index (χ0) is 11.7. The smallest absolute Gasteiger partial charge is 0.360 e. The van der Waals surface area contributed by atoms with Crippen LogP contribution in [-0.4, -0.2) is 29.1 Å². The predicted molar refractivity (Wildman–Crippen MR) is 53.8 cm³/mol. The lowest BCUT2D eigenvalue weighted by Gasteiger charge is -2.11. The highest BCUT2D eigenvalue weighted by molar-refractivity contribution is 6.65. The molecule has 1 aliphatic heterocycles. The number of carboxylic acid groups (broad SMARTS) is 1. The first kappa shape index (κ1) is 10.3. The molecule has 0 aliphatic carbocycles. The van der Waals surface area contributed by atoms with Gasteiger partial charge in [0.2, 0.25) is 11.5 Å². The van der Waals surface area contributed by atoms with Crippen molar-refractivity contribution in [3.63, 3.8) is 0 Å². The molecule has 1 heterocycles. The Morgan fingerprint density at radius 3 is 2.50 bits per heavy atom. The lowest BCUT2D eigenvalue weighted by Crippen LogP contribution is -2.23. The molecule has 5 nitrogen and oxygen atoms in total. The Kier molecular flexibility index (Phi) is 2.40. The molecule has 0 radical (unpaired) electrons. The van der Waals surface area contributed by atoms with Gasteiger partial charge in [-0.15, -0.1) is 0 Å². The molecule has 0 atom stereocenters. The normalized spacial score (nSPS) is 15.2. The lowest BCUT2D eigenvalue weighted by atomic mass is 10.2. The average molecular weight is 222 g/mol. The van der Waals surface area contributed by atoms with Crippen LogP contribution in [0.3, 0.4) is 0 Å². The van der Waals surface area contributed by atoms with E-state index in [1.165, 1.54) is 29.3 Å². The summed E-state index contributed by atoms with van der Waals surface area (Å²) in [6, 6.07) is 5.29. The first-order chi connectivity index (χ1) is 7.58.